The SMILES string of the molecule is C=C1c2ccccc2C(=O)N1[C@@H](C=O)C(=O)NC(C)=O. The van der Waals surface area contributed by atoms with E-state index < -0.39 is 23.8 Å². The molecule has 0 bridgehead atoms. The molecule has 1 aliphatic heterocycles. The third-order valence-electron chi connectivity index (χ3n) is 2.95. The van der Waals surface area contributed by atoms with Crippen LogP contribution in [-0.2, 0) is 14.4 Å². The molecular weight excluding hydrogens is 260 g/mol. The summed E-state index contributed by atoms with van der Waals surface area (Å²) in [5.74, 6) is -1.94. The Morgan fingerprint density at radius 1 is 1.30 bits per heavy atom. The lowest BCUT2D eigenvalue weighted by atomic mass is 10.1. The van der Waals surface area contributed by atoms with E-state index in [9.17, 15) is 19.2 Å². The monoisotopic (exact) mass is 272 g/mol. The molecule has 1 aromatic rings. The second-order valence-corrected chi connectivity index (χ2v) is 4.29. The van der Waals surface area contributed by atoms with Crippen molar-refractivity contribution in [3.05, 3.63) is 42.0 Å². The second-order valence-electron chi connectivity index (χ2n) is 4.29. The van der Waals surface area contributed by atoms with E-state index >= 15 is 0 Å². The van der Waals surface area contributed by atoms with Gasteiger partial charge in [0.1, 0.15) is 0 Å². The average molecular weight is 272 g/mol. The van der Waals surface area contributed by atoms with Crippen LogP contribution in [0.1, 0.15) is 22.8 Å². The standard InChI is InChI=1S/C14H12N2O4/c1-8-10-5-3-4-6-11(10)14(20)16(8)12(7-17)13(19)15-9(2)18/h3-7,12H,1H2,2H3,(H,15,18,19)/t12-/m0/s1. The van der Waals surface area contributed by atoms with Gasteiger partial charge in [-0.2, -0.15) is 0 Å². The maximum Gasteiger partial charge on any atom is 0.260 e. The van der Waals surface area contributed by atoms with Gasteiger partial charge in [0.05, 0.1) is 0 Å². The summed E-state index contributed by atoms with van der Waals surface area (Å²) < 4.78 is 0. The number of carbonyl (C=O) groups is 4. The van der Waals surface area contributed by atoms with E-state index in [2.05, 4.69) is 6.58 Å². The number of nitrogens with one attached hydrogen (secondary N) is 1. The van der Waals surface area contributed by atoms with Crippen molar-refractivity contribution in [2.24, 2.45) is 0 Å². The highest BCUT2D eigenvalue weighted by molar-refractivity contribution is 6.15. The summed E-state index contributed by atoms with van der Waals surface area (Å²) in [6.07, 6.45) is 0.313. The Labute approximate surface area is 115 Å². The highest BCUT2D eigenvalue weighted by Crippen LogP contribution is 2.32. The van der Waals surface area contributed by atoms with Gasteiger partial charge >= 0.3 is 0 Å². The predicted molar refractivity (Wildman–Crippen MR) is 70.3 cm³/mol. The molecule has 3 amide bonds. The van der Waals surface area contributed by atoms with Crippen molar-refractivity contribution in [1.29, 1.82) is 0 Å². The number of hydrogen-bond donors (Lipinski definition) is 1. The fourth-order valence-corrected chi connectivity index (χ4v) is 2.08. The lowest BCUT2D eigenvalue weighted by Gasteiger charge is -2.22. The molecule has 0 radical (unpaired) electrons. The van der Waals surface area contributed by atoms with Crippen LogP contribution in [0.3, 0.4) is 0 Å². The number of carbonyl (C=O) groups excluding carboxylic acids is 4. The topological polar surface area (TPSA) is 83.6 Å². The van der Waals surface area contributed by atoms with E-state index in [1.807, 2.05) is 5.32 Å². The van der Waals surface area contributed by atoms with E-state index in [1.54, 1.807) is 24.3 Å². The highest BCUT2D eigenvalue weighted by Gasteiger charge is 2.39. The van der Waals surface area contributed by atoms with Gasteiger partial charge in [-0.1, -0.05) is 24.8 Å². The molecule has 6 nitrogen and oxygen atoms in total. The minimum atomic E-state index is -1.41. The van der Waals surface area contributed by atoms with Crippen LogP contribution in [0.2, 0.25) is 0 Å². The van der Waals surface area contributed by atoms with Gasteiger partial charge in [0, 0.05) is 23.7 Å². The van der Waals surface area contributed by atoms with Gasteiger partial charge in [-0.05, 0) is 6.07 Å². The molecule has 20 heavy (non-hydrogen) atoms. The Hall–Kier alpha value is -2.76. The fourth-order valence-electron chi connectivity index (χ4n) is 2.08. The first kappa shape index (κ1) is 13.7. The van der Waals surface area contributed by atoms with Gasteiger partial charge in [-0.25, -0.2) is 0 Å². The van der Waals surface area contributed by atoms with Gasteiger partial charge < -0.3 is 4.79 Å². The molecular formula is C14H12N2O4. The Kier molecular flexibility index (Phi) is 3.47. The summed E-state index contributed by atoms with van der Waals surface area (Å²) in [7, 11) is 0. The summed E-state index contributed by atoms with van der Waals surface area (Å²) in [5, 5.41) is 1.99. The van der Waals surface area contributed by atoms with Crippen LogP contribution in [0, 0.1) is 0 Å². The quantitative estimate of drug-likeness (QED) is 0.635. The van der Waals surface area contributed by atoms with Crippen LogP contribution in [-0.4, -0.2) is 34.9 Å². The number of imide groups is 1. The largest absolute Gasteiger partial charge is 0.300 e. The van der Waals surface area contributed by atoms with Gasteiger partial charge in [0.15, 0.2) is 12.3 Å². The Morgan fingerprint density at radius 3 is 2.40 bits per heavy atom. The van der Waals surface area contributed by atoms with Crippen LogP contribution in [0.4, 0.5) is 0 Å². The first-order valence-electron chi connectivity index (χ1n) is 5.86. The molecule has 102 valence electrons. The normalized spacial score (nSPS) is 14.8. The predicted octanol–water partition coefficient (Wildman–Crippen LogP) is 0.343. The van der Waals surface area contributed by atoms with E-state index in [-0.39, 0.29) is 5.70 Å². The van der Waals surface area contributed by atoms with Crippen molar-refractivity contribution in [2.75, 3.05) is 0 Å². The zero-order chi connectivity index (χ0) is 14.9. The van der Waals surface area contributed by atoms with Crippen LogP contribution >= 0.6 is 0 Å². The lowest BCUT2D eigenvalue weighted by molar-refractivity contribution is -0.133. The fraction of sp³-hybridized carbons (Fsp3) is 0.143. The summed E-state index contributed by atoms with van der Waals surface area (Å²) in [6.45, 7) is 4.89. The first-order chi connectivity index (χ1) is 9.47. The molecule has 2 rings (SSSR count). The molecule has 1 atom stereocenters. The van der Waals surface area contributed by atoms with Crippen LogP contribution in [0.25, 0.3) is 5.70 Å². The zero-order valence-corrected chi connectivity index (χ0v) is 10.8. The summed E-state index contributed by atoms with van der Waals surface area (Å²) in [4.78, 5) is 47.1. The molecule has 0 saturated carbocycles. The van der Waals surface area contributed by atoms with Gasteiger partial charge in [-0.3, -0.25) is 24.6 Å². The number of aldehydes is 1. The highest BCUT2D eigenvalue weighted by atomic mass is 16.2. The molecule has 0 fully saturated rings. The van der Waals surface area contributed by atoms with Crippen LogP contribution in [0.15, 0.2) is 30.8 Å². The zero-order valence-electron chi connectivity index (χ0n) is 10.8. The maximum atomic E-state index is 12.2. The van der Waals surface area contributed by atoms with Crippen molar-refractivity contribution in [1.82, 2.24) is 10.2 Å². The van der Waals surface area contributed by atoms with Gasteiger partial charge in [0.2, 0.25) is 5.91 Å². The van der Waals surface area contributed by atoms with Crippen molar-refractivity contribution >= 4 is 29.7 Å². The number of rotatable bonds is 3. The first-order valence-corrected chi connectivity index (χ1v) is 5.86. The molecule has 1 aromatic carbocycles. The Morgan fingerprint density at radius 2 is 1.90 bits per heavy atom. The van der Waals surface area contributed by atoms with Crippen LogP contribution in [0.5, 0.6) is 0 Å². The minimum Gasteiger partial charge on any atom is -0.300 e. The van der Waals surface area contributed by atoms with Gasteiger partial charge in [-0.15, -0.1) is 0 Å². The smallest absolute Gasteiger partial charge is 0.260 e. The third-order valence-corrected chi connectivity index (χ3v) is 2.95. The van der Waals surface area contributed by atoms with E-state index in [0.717, 1.165) is 11.8 Å². The lowest BCUT2D eigenvalue weighted by Crippen LogP contribution is -2.48. The van der Waals surface area contributed by atoms with Crippen molar-refractivity contribution < 1.29 is 19.2 Å². The van der Waals surface area contributed by atoms with Crippen molar-refractivity contribution in [3.8, 4) is 0 Å². The number of nitrogens with zero attached hydrogens (tertiary/aromatic N) is 1. The number of fused-ring (bicyclic) bond motifs is 1. The molecule has 1 heterocycles. The minimum absolute atomic E-state index is 0.265. The van der Waals surface area contributed by atoms with E-state index in [0.29, 0.717) is 17.4 Å². The molecule has 0 saturated heterocycles. The number of benzene rings is 1. The molecule has 0 spiro atoms. The Bertz CT molecular complexity index is 601. The maximum absolute atomic E-state index is 12.2. The molecule has 0 aliphatic carbocycles. The molecule has 1 N–H and O–H groups in total. The molecule has 1 aliphatic rings. The van der Waals surface area contributed by atoms with Crippen molar-refractivity contribution in [3.63, 3.8) is 0 Å². The van der Waals surface area contributed by atoms with Crippen molar-refractivity contribution in [2.45, 2.75) is 13.0 Å². The molecule has 0 aromatic heterocycles. The summed E-state index contributed by atoms with van der Waals surface area (Å²) >= 11 is 0. The third kappa shape index (κ3) is 2.11. The van der Waals surface area contributed by atoms with Gasteiger partial charge in [0.25, 0.3) is 11.8 Å². The molecule has 6 heteroatoms. The number of hydrogen-bond acceptors (Lipinski definition) is 4. The summed E-state index contributed by atoms with van der Waals surface area (Å²) in [6, 6.07) is 5.27. The average Bonchev–Trinajstić information content (AvgIpc) is 2.65. The van der Waals surface area contributed by atoms with E-state index in [1.165, 1.54) is 0 Å². The second kappa shape index (κ2) is 5.08. The molecule has 0 unspecified atom stereocenters. The van der Waals surface area contributed by atoms with Crippen LogP contribution < -0.4 is 5.32 Å². The van der Waals surface area contributed by atoms with E-state index in [4.69, 9.17) is 0 Å². The Balaban J connectivity index is 2.36. The summed E-state index contributed by atoms with van der Waals surface area (Å²) in [5.41, 5.74) is 1.21. The number of amides is 3.